The molecule has 3 nitrogen and oxygen atoms in total. The first kappa shape index (κ1) is 11.6. The summed E-state index contributed by atoms with van der Waals surface area (Å²) in [7, 11) is 0. The molecule has 2 rings (SSSR count). The van der Waals surface area contributed by atoms with Crippen molar-refractivity contribution in [1.29, 1.82) is 0 Å². The van der Waals surface area contributed by atoms with Gasteiger partial charge in [0.05, 0.1) is 0 Å². The number of anilines is 1. The maximum atomic E-state index is 11.8. The van der Waals surface area contributed by atoms with E-state index in [9.17, 15) is 4.79 Å². The Kier molecular flexibility index (Phi) is 3.96. The summed E-state index contributed by atoms with van der Waals surface area (Å²) in [4.78, 5) is 13.7. The van der Waals surface area contributed by atoms with E-state index in [0.29, 0.717) is 5.02 Å². The van der Waals surface area contributed by atoms with E-state index < -0.39 is 0 Å². The molecule has 1 saturated heterocycles. The molecule has 1 fully saturated rings. The number of rotatable bonds is 1. The number of carbonyl (C=O) groups excluding carboxylic acids is 1. The molecule has 1 aromatic carbocycles. The SMILES string of the molecule is O=C(Nc1cccc(Cl)c1)N1CCSCC1. The molecule has 16 heavy (non-hydrogen) atoms. The predicted molar refractivity (Wildman–Crippen MR) is 69.4 cm³/mol. The molecule has 0 unspecified atom stereocenters. The van der Waals surface area contributed by atoms with Crippen LogP contribution >= 0.6 is 23.4 Å². The van der Waals surface area contributed by atoms with Gasteiger partial charge in [0, 0.05) is 35.3 Å². The zero-order valence-electron chi connectivity index (χ0n) is 8.78. The van der Waals surface area contributed by atoms with E-state index in [0.717, 1.165) is 30.3 Å². The van der Waals surface area contributed by atoms with Crippen LogP contribution in [0.5, 0.6) is 0 Å². The van der Waals surface area contributed by atoms with Crippen LogP contribution in [-0.4, -0.2) is 35.5 Å². The van der Waals surface area contributed by atoms with Crippen molar-refractivity contribution in [3.8, 4) is 0 Å². The molecule has 86 valence electrons. The van der Waals surface area contributed by atoms with Crippen LogP contribution in [0.25, 0.3) is 0 Å². The number of nitrogens with zero attached hydrogens (tertiary/aromatic N) is 1. The first-order valence-corrected chi connectivity index (χ1v) is 6.68. The van der Waals surface area contributed by atoms with Crippen LogP contribution in [0, 0.1) is 0 Å². The quantitative estimate of drug-likeness (QED) is 0.838. The number of urea groups is 1. The highest BCUT2D eigenvalue weighted by molar-refractivity contribution is 7.99. The summed E-state index contributed by atoms with van der Waals surface area (Å²) in [6.45, 7) is 1.63. The van der Waals surface area contributed by atoms with Crippen molar-refractivity contribution < 1.29 is 4.79 Å². The normalized spacial score (nSPS) is 15.9. The van der Waals surface area contributed by atoms with E-state index in [-0.39, 0.29) is 6.03 Å². The summed E-state index contributed by atoms with van der Waals surface area (Å²) in [5, 5.41) is 3.48. The Morgan fingerprint density at radius 2 is 2.12 bits per heavy atom. The van der Waals surface area contributed by atoms with Crippen molar-refractivity contribution in [2.45, 2.75) is 0 Å². The maximum Gasteiger partial charge on any atom is 0.321 e. The van der Waals surface area contributed by atoms with Gasteiger partial charge in [0.1, 0.15) is 0 Å². The van der Waals surface area contributed by atoms with E-state index in [2.05, 4.69) is 5.32 Å². The molecule has 0 atom stereocenters. The molecule has 2 amide bonds. The number of thioether (sulfide) groups is 1. The first-order chi connectivity index (χ1) is 7.75. The Labute approximate surface area is 104 Å². The number of amides is 2. The number of hydrogen-bond acceptors (Lipinski definition) is 2. The fraction of sp³-hybridized carbons (Fsp3) is 0.364. The van der Waals surface area contributed by atoms with Crippen LogP contribution in [0.4, 0.5) is 10.5 Å². The monoisotopic (exact) mass is 256 g/mol. The Hall–Kier alpha value is -0.870. The van der Waals surface area contributed by atoms with Gasteiger partial charge in [-0.2, -0.15) is 11.8 Å². The summed E-state index contributed by atoms with van der Waals surface area (Å²) in [5.41, 5.74) is 0.746. The van der Waals surface area contributed by atoms with Gasteiger partial charge in [-0.25, -0.2) is 4.79 Å². The molecule has 1 aliphatic heterocycles. The molecular weight excluding hydrogens is 244 g/mol. The van der Waals surface area contributed by atoms with Gasteiger partial charge in [0.25, 0.3) is 0 Å². The Morgan fingerprint density at radius 1 is 1.38 bits per heavy atom. The average Bonchev–Trinajstić information content (AvgIpc) is 2.30. The average molecular weight is 257 g/mol. The lowest BCUT2D eigenvalue weighted by Gasteiger charge is -2.26. The number of benzene rings is 1. The number of hydrogen-bond donors (Lipinski definition) is 1. The van der Waals surface area contributed by atoms with Crippen LogP contribution in [0.15, 0.2) is 24.3 Å². The molecule has 0 aromatic heterocycles. The van der Waals surface area contributed by atoms with E-state index in [1.165, 1.54) is 0 Å². The molecule has 0 radical (unpaired) electrons. The van der Waals surface area contributed by atoms with Crippen LogP contribution < -0.4 is 5.32 Å². The lowest BCUT2D eigenvalue weighted by atomic mass is 10.3. The third kappa shape index (κ3) is 3.06. The van der Waals surface area contributed by atoms with Crippen molar-refractivity contribution in [2.75, 3.05) is 29.9 Å². The lowest BCUT2D eigenvalue weighted by Crippen LogP contribution is -2.40. The van der Waals surface area contributed by atoms with Crippen LogP contribution in [0.3, 0.4) is 0 Å². The van der Waals surface area contributed by atoms with Gasteiger partial charge in [0.15, 0.2) is 0 Å². The van der Waals surface area contributed by atoms with Gasteiger partial charge in [-0.1, -0.05) is 17.7 Å². The molecule has 0 spiro atoms. The van der Waals surface area contributed by atoms with Gasteiger partial charge in [-0.3, -0.25) is 0 Å². The number of halogens is 1. The fourth-order valence-electron chi connectivity index (χ4n) is 1.54. The second-order valence-corrected chi connectivity index (χ2v) is 5.20. The summed E-state index contributed by atoms with van der Waals surface area (Å²) >= 11 is 7.73. The Bertz CT molecular complexity index is 380. The number of carbonyl (C=O) groups is 1. The van der Waals surface area contributed by atoms with E-state index in [1.54, 1.807) is 12.1 Å². The van der Waals surface area contributed by atoms with E-state index in [4.69, 9.17) is 11.6 Å². The smallest absolute Gasteiger partial charge is 0.321 e. The summed E-state index contributed by atoms with van der Waals surface area (Å²) in [5.74, 6) is 2.03. The van der Waals surface area contributed by atoms with Crippen LogP contribution in [0.2, 0.25) is 5.02 Å². The zero-order chi connectivity index (χ0) is 11.4. The van der Waals surface area contributed by atoms with Gasteiger partial charge in [-0.05, 0) is 18.2 Å². The van der Waals surface area contributed by atoms with Crippen molar-refractivity contribution in [3.05, 3.63) is 29.3 Å². The standard InChI is InChI=1S/C11H13ClN2OS/c12-9-2-1-3-10(8-9)13-11(15)14-4-6-16-7-5-14/h1-3,8H,4-7H2,(H,13,15). The van der Waals surface area contributed by atoms with Gasteiger partial charge in [0.2, 0.25) is 0 Å². The van der Waals surface area contributed by atoms with Gasteiger partial charge < -0.3 is 10.2 Å². The minimum atomic E-state index is -0.0393. The minimum absolute atomic E-state index is 0.0393. The highest BCUT2D eigenvalue weighted by atomic mass is 35.5. The third-order valence-electron chi connectivity index (χ3n) is 2.37. The Morgan fingerprint density at radius 3 is 2.81 bits per heavy atom. The molecule has 1 aromatic rings. The lowest BCUT2D eigenvalue weighted by molar-refractivity contribution is 0.217. The number of nitrogens with one attached hydrogen (secondary N) is 1. The predicted octanol–water partition coefficient (Wildman–Crippen LogP) is 2.92. The Balaban J connectivity index is 1.96. The van der Waals surface area contributed by atoms with Gasteiger partial charge in [-0.15, -0.1) is 0 Å². The molecule has 0 saturated carbocycles. The van der Waals surface area contributed by atoms with Crippen LogP contribution in [-0.2, 0) is 0 Å². The molecule has 0 bridgehead atoms. The topological polar surface area (TPSA) is 32.3 Å². The van der Waals surface area contributed by atoms with Crippen molar-refractivity contribution >= 4 is 35.1 Å². The molecule has 1 heterocycles. The summed E-state index contributed by atoms with van der Waals surface area (Å²) in [6.07, 6.45) is 0. The zero-order valence-corrected chi connectivity index (χ0v) is 10.4. The van der Waals surface area contributed by atoms with E-state index >= 15 is 0 Å². The molecule has 1 N–H and O–H groups in total. The largest absolute Gasteiger partial charge is 0.323 e. The maximum absolute atomic E-state index is 11.8. The highest BCUT2D eigenvalue weighted by Crippen LogP contribution is 2.16. The molecule has 1 aliphatic rings. The molecular formula is C11H13ClN2OS. The highest BCUT2D eigenvalue weighted by Gasteiger charge is 2.16. The van der Waals surface area contributed by atoms with Crippen LogP contribution in [0.1, 0.15) is 0 Å². The second kappa shape index (κ2) is 5.46. The van der Waals surface area contributed by atoms with E-state index in [1.807, 2.05) is 28.8 Å². The fourth-order valence-corrected chi connectivity index (χ4v) is 2.63. The first-order valence-electron chi connectivity index (χ1n) is 5.15. The molecule has 0 aliphatic carbocycles. The summed E-state index contributed by atoms with van der Waals surface area (Å²) in [6, 6.07) is 7.15. The minimum Gasteiger partial charge on any atom is -0.323 e. The summed E-state index contributed by atoms with van der Waals surface area (Å²) < 4.78 is 0. The third-order valence-corrected chi connectivity index (χ3v) is 3.55. The van der Waals surface area contributed by atoms with Gasteiger partial charge >= 0.3 is 6.03 Å². The van der Waals surface area contributed by atoms with Crippen molar-refractivity contribution in [3.63, 3.8) is 0 Å². The second-order valence-electron chi connectivity index (χ2n) is 3.54. The van der Waals surface area contributed by atoms with Crippen molar-refractivity contribution in [2.24, 2.45) is 0 Å². The van der Waals surface area contributed by atoms with Crippen molar-refractivity contribution in [1.82, 2.24) is 4.90 Å². The molecule has 5 heteroatoms.